The zero-order valence-corrected chi connectivity index (χ0v) is 21.1. The zero-order chi connectivity index (χ0) is 26.1. The Hall–Kier alpha value is -4.38. The van der Waals surface area contributed by atoms with E-state index in [9.17, 15) is 14.7 Å². The summed E-state index contributed by atoms with van der Waals surface area (Å²) < 4.78 is 5.55. The molecule has 0 bridgehead atoms. The number of aliphatic hydroxyl groups excluding tert-OH is 1. The smallest absolute Gasteiger partial charge is 0.300 e. The quantitative estimate of drug-likeness (QED) is 0.179. The summed E-state index contributed by atoms with van der Waals surface area (Å²) in [6, 6.07) is 27.5. The molecule has 1 saturated heterocycles. The standard InChI is InChI=1S/C32H29NO4/c1-4-37-27-17-15-26(16-18-27)33-29(23-12-9-21(10-13-23)20(2)3)28(31(35)32(33)36)30(34)25-14-11-22-7-5-6-8-24(22)19-25/h5-20,29,34H,4H2,1-3H3/b30-28-. The van der Waals surface area contributed by atoms with E-state index in [0.717, 1.165) is 21.9 Å². The summed E-state index contributed by atoms with van der Waals surface area (Å²) >= 11 is 0. The van der Waals surface area contributed by atoms with Crippen molar-refractivity contribution in [3.8, 4) is 5.75 Å². The maximum atomic E-state index is 13.5. The van der Waals surface area contributed by atoms with Crippen LogP contribution in [0.15, 0.2) is 96.6 Å². The van der Waals surface area contributed by atoms with E-state index in [2.05, 4.69) is 13.8 Å². The molecule has 1 atom stereocenters. The molecule has 5 heteroatoms. The minimum absolute atomic E-state index is 0.0754. The molecule has 1 unspecified atom stereocenters. The predicted molar refractivity (Wildman–Crippen MR) is 147 cm³/mol. The highest BCUT2D eigenvalue weighted by Gasteiger charge is 2.47. The van der Waals surface area contributed by atoms with Gasteiger partial charge in [-0.25, -0.2) is 0 Å². The number of amides is 1. The van der Waals surface area contributed by atoms with Gasteiger partial charge in [0.25, 0.3) is 11.7 Å². The van der Waals surface area contributed by atoms with Crippen molar-refractivity contribution in [3.05, 3.63) is 113 Å². The van der Waals surface area contributed by atoms with E-state index in [1.165, 1.54) is 4.90 Å². The first-order valence-electron chi connectivity index (χ1n) is 12.5. The minimum Gasteiger partial charge on any atom is -0.507 e. The van der Waals surface area contributed by atoms with Gasteiger partial charge < -0.3 is 9.84 Å². The molecule has 0 spiro atoms. The summed E-state index contributed by atoms with van der Waals surface area (Å²) in [5.74, 6) is -0.557. The lowest BCUT2D eigenvalue weighted by atomic mass is 9.92. The number of carbonyl (C=O) groups excluding carboxylic acids is 2. The van der Waals surface area contributed by atoms with E-state index in [-0.39, 0.29) is 11.3 Å². The van der Waals surface area contributed by atoms with Gasteiger partial charge in [0.15, 0.2) is 0 Å². The van der Waals surface area contributed by atoms with Crippen LogP contribution in [0, 0.1) is 0 Å². The molecule has 1 aliphatic rings. The molecular weight excluding hydrogens is 462 g/mol. The average molecular weight is 492 g/mol. The Morgan fingerprint density at radius 2 is 1.57 bits per heavy atom. The fraction of sp³-hybridized carbons (Fsp3) is 0.188. The Bertz CT molecular complexity index is 1500. The van der Waals surface area contributed by atoms with Crippen LogP contribution in [0.1, 0.15) is 49.4 Å². The second kappa shape index (κ2) is 9.94. The van der Waals surface area contributed by atoms with Crippen LogP contribution in [0.2, 0.25) is 0 Å². The monoisotopic (exact) mass is 491 g/mol. The van der Waals surface area contributed by atoms with Crippen LogP contribution in [0.3, 0.4) is 0 Å². The number of aliphatic hydroxyl groups is 1. The molecule has 1 amide bonds. The number of rotatable bonds is 6. The summed E-state index contributed by atoms with van der Waals surface area (Å²) in [4.78, 5) is 28.4. The topological polar surface area (TPSA) is 66.8 Å². The molecule has 0 aliphatic carbocycles. The normalized spacial score (nSPS) is 17.1. The molecule has 4 aromatic rings. The van der Waals surface area contributed by atoms with Gasteiger partial charge in [-0.05, 0) is 65.1 Å². The Morgan fingerprint density at radius 1 is 0.892 bits per heavy atom. The van der Waals surface area contributed by atoms with E-state index in [0.29, 0.717) is 29.5 Å². The third kappa shape index (κ3) is 4.49. The maximum absolute atomic E-state index is 13.5. The second-order valence-corrected chi connectivity index (χ2v) is 9.48. The SMILES string of the molecule is CCOc1ccc(N2C(=O)C(=O)/C(=C(\O)c3ccc4ccccc4c3)C2c2ccc(C(C)C)cc2)cc1. The van der Waals surface area contributed by atoms with Crippen molar-refractivity contribution in [1.29, 1.82) is 0 Å². The van der Waals surface area contributed by atoms with Crippen LogP contribution in [-0.4, -0.2) is 23.4 Å². The van der Waals surface area contributed by atoms with Crippen molar-refractivity contribution in [2.45, 2.75) is 32.7 Å². The first-order valence-corrected chi connectivity index (χ1v) is 12.5. The predicted octanol–water partition coefficient (Wildman–Crippen LogP) is 6.99. The first-order chi connectivity index (χ1) is 17.9. The number of Topliss-reactive ketones (excluding diaryl/α,β-unsaturated/α-hetero) is 1. The number of hydrogen-bond donors (Lipinski definition) is 1. The van der Waals surface area contributed by atoms with E-state index in [4.69, 9.17) is 4.74 Å². The van der Waals surface area contributed by atoms with Crippen LogP contribution in [0.5, 0.6) is 5.75 Å². The van der Waals surface area contributed by atoms with Crippen molar-refractivity contribution in [2.75, 3.05) is 11.5 Å². The van der Waals surface area contributed by atoms with Crippen LogP contribution >= 0.6 is 0 Å². The molecule has 37 heavy (non-hydrogen) atoms. The van der Waals surface area contributed by atoms with Crippen LogP contribution in [0.4, 0.5) is 5.69 Å². The number of anilines is 1. The number of ether oxygens (including phenoxy) is 1. The highest BCUT2D eigenvalue weighted by Crippen LogP contribution is 2.43. The fourth-order valence-corrected chi connectivity index (χ4v) is 4.84. The molecule has 0 radical (unpaired) electrons. The molecule has 5 nitrogen and oxygen atoms in total. The van der Waals surface area contributed by atoms with Crippen molar-refractivity contribution < 1.29 is 19.4 Å². The first kappa shape index (κ1) is 24.3. The van der Waals surface area contributed by atoms with Crippen LogP contribution in [-0.2, 0) is 9.59 Å². The molecule has 1 N–H and O–H groups in total. The number of carbonyl (C=O) groups is 2. The summed E-state index contributed by atoms with van der Waals surface area (Å²) in [5, 5.41) is 13.4. The molecule has 4 aromatic carbocycles. The largest absolute Gasteiger partial charge is 0.507 e. The summed E-state index contributed by atoms with van der Waals surface area (Å²) in [7, 11) is 0. The average Bonchev–Trinajstić information content (AvgIpc) is 3.18. The molecule has 5 rings (SSSR count). The van der Waals surface area contributed by atoms with E-state index in [1.807, 2.05) is 67.6 Å². The van der Waals surface area contributed by atoms with Gasteiger partial charge in [0, 0.05) is 11.3 Å². The molecule has 0 aromatic heterocycles. The molecule has 186 valence electrons. The Labute approximate surface area is 216 Å². The van der Waals surface area contributed by atoms with E-state index < -0.39 is 17.7 Å². The number of fused-ring (bicyclic) bond motifs is 1. The van der Waals surface area contributed by atoms with Gasteiger partial charge >= 0.3 is 0 Å². The summed E-state index contributed by atoms with van der Waals surface area (Å²) in [5.41, 5.74) is 3.02. The van der Waals surface area contributed by atoms with Gasteiger partial charge in [-0.15, -0.1) is 0 Å². The van der Waals surface area contributed by atoms with Crippen LogP contribution < -0.4 is 9.64 Å². The van der Waals surface area contributed by atoms with Crippen molar-refractivity contribution in [1.82, 2.24) is 0 Å². The Morgan fingerprint density at radius 3 is 2.22 bits per heavy atom. The fourth-order valence-electron chi connectivity index (χ4n) is 4.84. The highest BCUT2D eigenvalue weighted by atomic mass is 16.5. The van der Waals surface area contributed by atoms with Gasteiger partial charge in [0.1, 0.15) is 11.5 Å². The van der Waals surface area contributed by atoms with Gasteiger partial charge in [0.05, 0.1) is 18.2 Å². The zero-order valence-electron chi connectivity index (χ0n) is 21.1. The van der Waals surface area contributed by atoms with E-state index >= 15 is 0 Å². The Balaban J connectivity index is 1.67. The minimum atomic E-state index is -0.773. The summed E-state index contributed by atoms with van der Waals surface area (Å²) in [6.07, 6.45) is 0. The lowest BCUT2D eigenvalue weighted by Gasteiger charge is -2.26. The van der Waals surface area contributed by atoms with Crippen LogP contribution in [0.25, 0.3) is 16.5 Å². The highest BCUT2D eigenvalue weighted by molar-refractivity contribution is 6.51. The number of hydrogen-bond acceptors (Lipinski definition) is 4. The molecule has 1 heterocycles. The molecule has 1 fully saturated rings. The van der Waals surface area contributed by atoms with Gasteiger partial charge in [-0.2, -0.15) is 0 Å². The lowest BCUT2D eigenvalue weighted by Crippen LogP contribution is -2.29. The Kier molecular flexibility index (Phi) is 6.53. The third-order valence-corrected chi connectivity index (χ3v) is 6.81. The van der Waals surface area contributed by atoms with Gasteiger partial charge in [0.2, 0.25) is 0 Å². The van der Waals surface area contributed by atoms with E-state index in [1.54, 1.807) is 30.3 Å². The number of nitrogens with zero attached hydrogens (tertiary/aromatic N) is 1. The number of benzene rings is 4. The van der Waals surface area contributed by atoms with Crippen molar-refractivity contribution in [3.63, 3.8) is 0 Å². The lowest BCUT2D eigenvalue weighted by molar-refractivity contribution is -0.132. The van der Waals surface area contributed by atoms with Gasteiger partial charge in [-0.1, -0.05) is 74.5 Å². The molecule has 1 aliphatic heterocycles. The number of ketones is 1. The van der Waals surface area contributed by atoms with Gasteiger partial charge in [-0.3, -0.25) is 14.5 Å². The third-order valence-electron chi connectivity index (χ3n) is 6.81. The second-order valence-electron chi connectivity index (χ2n) is 9.48. The van der Waals surface area contributed by atoms with Crippen molar-refractivity contribution >= 4 is 33.9 Å². The maximum Gasteiger partial charge on any atom is 0.300 e. The summed E-state index contributed by atoms with van der Waals surface area (Å²) in [6.45, 7) is 6.65. The van der Waals surface area contributed by atoms with Crippen molar-refractivity contribution in [2.24, 2.45) is 0 Å². The molecule has 0 saturated carbocycles. The molecular formula is C32H29NO4.